The molecular formula is C25H23FN2O4S. The standard InChI is InChI=1S/C25H23FN2O4S/c1-3-30-25(29)21-11-28-24(27)22-17(14-33-23(21)22)13-32-20-9-15(2)8-19(10-20)31-12-16-4-6-18(26)7-5-16/h4-11,14H,3,12-13H2,1-2H3,(H2,27,28). The van der Waals surface area contributed by atoms with Crippen molar-refractivity contribution in [1.82, 2.24) is 4.98 Å². The van der Waals surface area contributed by atoms with Gasteiger partial charge in [-0.25, -0.2) is 14.2 Å². The first-order valence-corrected chi connectivity index (χ1v) is 11.3. The summed E-state index contributed by atoms with van der Waals surface area (Å²) >= 11 is 1.40. The highest BCUT2D eigenvalue weighted by atomic mass is 32.1. The molecule has 0 aliphatic heterocycles. The quantitative estimate of drug-likeness (QED) is 0.337. The fourth-order valence-electron chi connectivity index (χ4n) is 3.38. The van der Waals surface area contributed by atoms with Crippen molar-refractivity contribution < 1.29 is 23.4 Å². The van der Waals surface area contributed by atoms with Crippen molar-refractivity contribution in [3.63, 3.8) is 0 Å². The first-order chi connectivity index (χ1) is 15.9. The Morgan fingerprint density at radius 1 is 1.09 bits per heavy atom. The van der Waals surface area contributed by atoms with Gasteiger partial charge >= 0.3 is 5.97 Å². The van der Waals surface area contributed by atoms with E-state index in [1.165, 1.54) is 29.7 Å². The third-order valence-corrected chi connectivity index (χ3v) is 6.00. The molecule has 0 unspecified atom stereocenters. The van der Waals surface area contributed by atoms with E-state index in [1.54, 1.807) is 25.1 Å². The van der Waals surface area contributed by atoms with Gasteiger partial charge in [0.15, 0.2) is 0 Å². The first-order valence-electron chi connectivity index (χ1n) is 10.4. The van der Waals surface area contributed by atoms with Gasteiger partial charge < -0.3 is 19.9 Å². The van der Waals surface area contributed by atoms with Gasteiger partial charge in [-0.05, 0) is 54.6 Å². The van der Waals surface area contributed by atoms with Crippen LogP contribution < -0.4 is 15.2 Å². The number of hydrogen-bond acceptors (Lipinski definition) is 7. The average molecular weight is 467 g/mol. The van der Waals surface area contributed by atoms with E-state index in [0.29, 0.717) is 34.9 Å². The molecule has 0 amide bonds. The van der Waals surface area contributed by atoms with Gasteiger partial charge in [-0.15, -0.1) is 11.3 Å². The molecule has 0 aliphatic rings. The third-order valence-electron chi connectivity index (χ3n) is 4.93. The van der Waals surface area contributed by atoms with E-state index < -0.39 is 5.97 Å². The van der Waals surface area contributed by atoms with Crippen LogP contribution in [0, 0.1) is 12.7 Å². The van der Waals surface area contributed by atoms with E-state index in [0.717, 1.165) is 21.4 Å². The molecule has 0 spiro atoms. The van der Waals surface area contributed by atoms with Crippen LogP contribution in [0.1, 0.15) is 34.0 Å². The number of aromatic nitrogens is 1. The highest BCUT2D eigenvalue weighted by molar-refractivity contribution is 7.17. The molecule has 0 atom stereocenters. The minimum absolute atomic E-state index is 0.249. The Morgan fingerprint density at radius 3 is 2.48 bits per heavy atom. The number of ether oxygens (including phenoxy) is 3. The number of anilines is 1. The number of nitrogen functional groups attached to an aromatic ring is 1. The topological polar surface area (TPSA) is 83.7 Å². The molecule has 170 valence electrons. The minimum atomic E-state index is -0.425. The number of aryl methyl sites for hydroxylation is 1. The third kappa shape index (κ3) is 5.23. The maximum atomic E-state index is 13.1. The maximum Gasteiger partial charge on any atom is 0.341 e. The molecular weight excluding hydrogens is 443 g/mol. The molecule has 0 aliphatic carbocycles. The van der Waals surface area contributed by atoms with Crippen LogP contribution in [0.5, 0.6) is 11.5 Å². The van der Waals surface area contributed by atoms with Gasteiger partial charge in [-0.2, -0.15) is 0 Å². The Morgan fingerprint density at radius 2 is 1.79 bits per heavy atom. The lowest BCUT2D eigenvalue weighted by Gasteiger charge is -2.12. The van der Waals surface area contributed by atoms with Crippen molar-refractivity contribution in [2.75, 3.05) is 12.3 Å². The van der Waals surface area contributed by atoms with Crippen molar-refractivity contribution in [2.24, 2.45) is 0 Å². The lowest BCUT2D eigenvalue weighted by molar-refractivity contribution is 0.0528. The highest BCUT2D eigenvalue weighted by Crippen LogP contribution is 2.34. The van der Waals surface area contributed by atoms with Gasteiger partial charge in [0.1, 0.15) is 36.3 Å². The Labute approximate surface area is 194 Å². The van der Waals surface area contributed by atoms with Gasteiger partial charge in [-0.3, -0.25) is 0 Å². The second kappa shape index (κ2) is 9.87. The number of halogens is 1. The second-order valence-corrected chi connectivity index (χ2v) is 8.31. The average Bonchev–Trinajstić information content (AvgIpc) is 3.22. The molecule has 2 aromatic carbocycles. The highest BCUT2D eigenvalue weighted by Gasteiger charge is 2.18. The number of nitrogens with two attached hydrogens (primary N) is 1. The molecule has 0 fully saturated rings. The summed E-state index contributed by atoms with van der Waals surface area (Å²) in [7, 11) is 0. The molecule has 0 radical (unpaired) electrons. The summed E-state index contributed by atoms with van der Waals surface area (Å²) in [4.78, 5) is 16.4. The zero-order valence-electron chi connectivity index (χ0n) is 18.3. The van der Waals surface area contributed by atoms with Gasteiger partial charge in [0.05, 0.1) is 16.9 Å². The van der Waals surface area contributed by atoms with Crippen molar-refractivity contribution in [3.8, 4) is 11.5 Å². The number of carbonyl (C=O) groups is 1. The summed E-state index contributed by atoms with van der Waals surface area (Å²) in [6, 6.07) is 11.8. The molecule has 4 rings (SSSR count). The number of nitrogens with zero attached hydrogens (tertiary/aromatic N) is 1. The Hall–Kier alpha value is -3.65. The molecule has 2 N–H and O–H groups in total. The minimum Gasteiger partial charge on any atom is -0.489 e. The number of pyridine rings is 1. The number of thiophene rings is 1. The van der Waals surface area contributed by atoms with Crippen LogP contribution in [-0.4, -0.2) is 17.6 Å². The fraction of sp³-hybridized carbons (Fsp3) is 0.200. The Bertz CT molecular complexity index is 1290. The van der Waals surface area contributed by atoms with Crippen molar-refractivity contribution >= 4 is 33.2 Å². The van der Waals surface area contributed by atoms with Gasteiger partial charge in [0.2, 0.25) is 0 Å². The normalized spacial score (nSPS) is 10.9. The predicted octanol–water partition coefficient (Wildman–Crippen LogP) is 5.66. The van der Waals surface area contributed by atoms with Gasteiger partial charge in [0, 0.05) is 23.2 Å². The van der Waals surface area contributed by atoms with E-state index in [9.17, 15) is 9.18 Å². The van der Waals surface area contributed by atoms with E-state index in [-0.39, 0.29) is 19.0 Å². The van der Waals surface area contributed by atoms with Crippen LogP contribution in [0.3, 0.4) is 0 Å². The monoisotopic (exact) mass is 466 g/mol. The van der Waals surface area contributed by atoms with E-state index in [1.807, 2.05) is 24.4 Å². The van der Waals surface area contributed by atoms with Crippen LogP contribution in [-0.2, 0) is 18.0 Å². The zero-order chi connectivity index (χ0) is 23.4. The van der Waals surface area contributed by atoms with Crippen LogP contribution in [0.4, 0.5) is 10.2 Å². The summed E-state index contributed by atoms with van der Waals surface area (Å²) in [6.45, 7) is 4.55. The van der Waals surface area contributed by atoms with Crippen molar-refractivity contribution in [1.29, 1.82) is 0 Å². The Balaban J connectivity index is 1.50. The molecule has 6 nitrogen and oxygen atoms in total. The van der Waals surface area contributed by atoms with Crippen LogP contribution >= 0.6 is 11.3 Å². The number of rotatable bonds is 8. The SMILES string of the molecule is CCOC(=O)c1cnc(N)c2c(COc3cc(C)cc(OCc4ccc(F)cc4)c3)csc12. The van der Waals surface area contributed by atoms with Crippen LogP contribution in [0.25, 0.3) is 10.1 Å². The molecule has 8 heteroatoms. The number of esters is 1. The predicted molar refractivity (Wildman–Crippen MR) is 126 cm³/mol. The van der Waals surface area contributed by atoms with E-state index in [4.69, 9.17) is 19.9 Å². The lowest BCUT2D eigenvalue weighted by Crippen LogP contribution is -2.06. The second-order valence-electron chi connectivity index (χ2n) is 7.43. The number of benzene rings is 2. The zero-order valence-corrected chi connectivity index (χ0v) is 19.1. The first kappa shape index (κ1) is 22.5. The number of carbonyl (C=O) groups excluding carboxylic acids is 1. The summed E-state index contributed by atoms with van der Waals surface area (Å²) in [5.74, 6) is 0.916. The Kier molecular flexibility index (Phi) is 6.74. The van der Waals surface area contributed by atoms with Gasteiger partial charge in [0.25, 0.3) is 0 Å². The number of hydrogen-bond donors (Lipinski definition) is 1. The fourth-order valence-corrected chi connectivity index (χ4v) is 4.44. The van der Waals surface area contributed by atoms with E-state index >= 15 is 0 Å². The maximum absolute atomic E-state index is 13.1. The van der Waals surface area contributed by atoms with Crippen molar-refractivity contribution in [3.05, 3.63) is 82.1 Å². The van der Waals surface area contributed by atoms with Gasteiger partial charge in [-0.1, -0.05) is 12.1 Å². The molecule has 0 saturated heterocycles. The summed E-state index contributed by atoms with van der Waals surface area (Å²) in [6.07, 6.45) is 1.45. The summed E-state index contributed by atoms with van der Waals surface area (Å²) < 4.78 is 30.8. The molecule has 2 heterocycles. The smallest absolute Gasteiger partial charge is 0.341 e. The summed E-state index contributed by atoms with van der Waals surface area (Å²) in [5, 5.41) is 2.61. The molecule has 0 saturated carbocycles. The summed E-state index contributed by atoms with van der Waals surface area (Å²) in [5.41, 5.74) is 9.18. The molecule has 33 heavy (non-hydrogen) atoms. The largest absolute Gasteiger partial charge is 0.489 e. The van der Waals surface area contributed by atoms with Crippen molar-refractivity contribution in [2.45, 2.75) is 27.1 Å². The van der Waals surface area contributed by atoms with Crippen LogP contribution in [0.15, 0.2) is 54.0 Å². The molecule has 0 bridgehead atoms. The molecule has 2 aromatic heterocycles. The lowest BCUT2D eigenvalue weighted by atomic mass is 10.1. The molecule has 4 aromatic rings. The number of fused-ring (bicyclic) bond motifs is 1. The van der Waals surface area contributed by atoms with Crippen LogP contribution in [0.2, 0.25) is 0 Å². The van der Waals surface area contributed by atoms with E-state index in [2.05, 4.69) is 4.98 Å².